The van der Waals surface area contributed by atoms with E-state index in [1.54, 1.807) is 0 Å². The number of nitrogens with zero attached hydrogens (tertiary/aromatic N) is 3. The van der Waals surface area contributed by atoms with Gasteiger partial charge in [0.05, 0.1) is 17.4 Å². The van der Waals surface area contributed by atoms with Crippen LogP contribution in [0.25, 0.3) is 50.4 Å². The van der Waals surface area contributed by atoms with E-state index in [4.69, 9.17) is 18.6 Å². The molecule has 4 aromatic carbocycles. The average Bonchev–Trinajstić information content (AvgIpc) is 3.32. The molecule has 194 valence electrons. The van der Waals surface area contributed by atoms with Crippen LogP contribution in [-0.4, -0.2) is 9.55 Å². The van der Waals surface area contributed by atoms with Crippen LogP contribution >= 0.6 is 0 Å². The number of hydrogen-bond donors (Lipinski definition) is 0. The summed E-state index contributed by atoms with van der Waals surface area (Å²) < 4.78 is 38.4. The second-order valence-corrected chi connectivity index (χ2v) is 9.61. The van der Waals surface area contributed by atoms with E-state index in [0.29, 0.717) is 0 Å². The molecular weight excluding hydrogens is 514 g/mol. The van der Waals surface area contributed by atoms with Crippen molar-refractivity contribution in [2.45, 2.75) is 0 Å². The molecule has 0 bridgehead atoms. The van der Waals surface area contributed by atoms with Gasteiger partial charge in [-0.2, -0.15) is 4.57 Å². The van der Waals surface area contributed by atoms with Crippen LogP contribution in [0.2, 0.25) is 0 Å². The van der Waals surface area contributed by atoms with Crippen LogP contribution in [0, 0.1) is 10.2 Å². The minimum absolute atomic E-state index is 0.984. The minimum atomic E-state index is -4.94. The summed E-state index contributed by atoms with van der Waals surface area (Å²) in [6.07, 6.45) is 1.87. The third kappa shape index (κ3) is 6.21. The molecule has 2 heterocycles. The van der Waals surface area contributed by atoms with E-state index in [2.05, 4.69) is 135 Å². The fraction of sp³-hybridized carbons (Fsp3) is 0.0323. The van der Waals surface area contributed by atoms with Crippen molar-refractivity contribution in [2.75, 3.05) is 0 Å². The lowest BCUT2D eigenvalue weighted by molar-refractivity contribution is -2.00. The molecule has 0 unspecified atom stereocenters. The Bertz CT molecular complexity index is 1630. The van der Waals surface area contributed by atoms with Crippen molar-refractivity contribution in [3.05, 3.63) is 128 Å². The number of pyridine rings is 1. The molecule has 0 saturated carbocycles. The largest absolute Gasteiger partial charge is 0.334 e. The molecule has 0 aliphatic heterocycles. The maximum atomic E-state index is 8.49. The summed E-state index contributed by atoms with van der Waals surface area (Å²) in [5.74, 6) is 0. The zero-order valence-electron chi connectivity index (χ0n) is 21.0. The second kappa shape index (κ2) is 11.2. The van der Waals surface area contributed by atoms with Crippen molar-refractivity contribution in [1.29, 1.82) is 0 Å². The van der Waals surface area contributed by atoms with E-state index < -0.39 is 10.2 Å². The van der Waals surface area contributed by atoms with Gasteiger partial charge < -0.3 is 4.57 Å². The van der Waals surface area contributed by atoms with Crippen LogP contribution in [0.1, 0.15) is 0 Å². The van der Waals surface area contributed by atoms with Crippen molar-refractivity contribution in [3.63, 3.8) is 0 Å². The van der Waals surface area contributed by atoms with Crippen LogP contribution < -0.4 is 23.2 Å². The first-order valence-corrected chi connectivity index (χ1v) is 13.3. The molecule has 0 N–H and O–H groups in total. The van der Waals surface area contributed by atoms with Gasteiger partial charge in [0, 0.05) is 42.4 Å². The quantitative estimate of drug-likeness (QED) is 0.319. The number of halogens is 1. The van der Waals surface area contributed by atoms with Crippen molar-refractivity contribution >= 4 is 11.0 Å². The van der Waals surface area contributed by atoms with Gasteiger partial charge in [-0.3, -0.25) is 0 Å². The number of rotatable bonds is 4. The highest BCUT2D eigenvalue weighted by molar-refractivity contribution is 5.78. The topological polar surface area (TPSA) is 114 Å². The number of fused-ring (bicyclic) bond motifs is 1. The highest BCUT2D eigenvalue weighted by Gasteiger charge is 2.25. The summed E-state index contributed by atoms with van der Waals surface area (Å²) in [5.41, 5.74) is 10.2. The Hall–Kier alpha value is -4.37. The molecular formula is C31H24ClN3O4. The highest BCUT2D eigenvalue weighted by Crippen LogP contribution is 2.31. The first kappa shape index (κ1) is 26.2. The molecule has 0 fully saturated rings. The van der Waals surface area contributed by atoms with Crippen molar-refractivity contribution in [1.82, 2.24) is 9.55 Å². The van der Waals surface area contributed by atoms with E-state index in [-0.39, 0.29) is 0 Å². The summed E-state index contributed by atoms with van der Waals surface area (Å²) in [6.45, 7) is 0. The standard InChI is InChI=1S/C31H24N3.ClHO4/c1-33-22-32-28-21-27(17-18-29(28)33)34-30(24-13-7-3-8-14-24)19-26(23-11-5-2-6-12-23)20-31(34)25-15-9-4-10-16-25;2-1(3,4)5/h2-22H,1H3;(H,2,3,4,5)/q+1;/p-1. The van der Waals surface area contributed by atoms with E-state index in [1.165, 1.54) is 22.3 Å². The zero-order chi connectivity index (χ0) is 27.4. The Labute approximate surface area is 227 Å². The van der Waals surface area contributed by atoms with Gasteiger partial charge in [0.25, 0.3) is 0 Å². The predicted octanol–water partition coefficient (Wildman–Crippen LogP) is 2.10. The highest BCUT2D eigenvalue weighted by atomic mass is 35.7. The third-order valence-corrected chi connectivity index (χ3v) is 6.28. The first-order chi connectivity index (χ1) is 18.8. The Morgan fingerprint density at radius 3 is 1.54 bits per heavy atom. The molecule has 0 aliphatic rings. The zero-order valence-corrected chi connectivity index (χ0v) is 21.7. The fourth-order valence-electron chi connectivity index (χ4n) is 4.58. The molecule has 39 heavy (non-hydrogen) atoms. The monoisotopic (exact) mass is 537 g/mol. The normalized spacial score (nSPS) is 11.2. The van der Waals surface area contributed by atoms with Gasteiger partial charge >= 0.3 is 0 Å². The third-order valence-electron chi connectivity index (χ3n) is 6.28. The van der Waals surface area contributed by atoms with Crippen LogP contribution in [0.3, 0.4) is 0 Å². The van der Waals surface area contributed by atoms with E-state index in [1.807, 2.05) is 13.4 Å². The van der Waals surface area contributed by atoms with Gasteiger partial charge in [-0.15, -0.1) is 10.2 Å². The first-order valence-electron chi connectivity index (χ1n) is 12.1. The molecule has 0 aliphatic carbocycles. The Kier molecular flexibility index (Phi) is 7.51. The van der Waals surface area contributed by atoms with Crippen molar-refractivity contribution < 1.29 is 33.4 Å². The summed E-state index contributed by atoms with van der Waals surface area (Å²) in [7, 11) is -2.92. The number of aryl methyl sites for hydroxylation is 1. The van der Waals surface area contributed by atoms with E-state index in [9.17, 15) is 0 Å². The molecule has 6 rings (SSSR count). The molecule has 0 amide bonds. The summed E-state index contributed by atoms with van der Waals surface area (Å²) >= 11 is 0. The van der Waals surface area contributed by atoms with Gasteiger partial charge in [-0.05, 0) is 41.5 Å². The van der Waals surface area contributed by atoms with Gasteiger partial charge in [-0.1, -0.05) is 66.7 Å². The number of hydrogen-bond acceptors (Lipinski definition) is 5. The molecule has 2 aromatic heterocycles. The fourth-order valence-corrected chi connectivity index (χ4v) is 4.58. The van der Waals surface area contributed by atoms with Crippen molar-refractivity contribution in [3.8, 4) is 39.3 Å². The van der Waals surface area contributed by atoms with Crippen LogP contribution in [0.4, 0.5) is 0 Å². The van der Waals surface area contributed by atoms with Gasteiger partial charge in [0.2, 0.25) is 17.1 Å². The maximum absolute atomic E-state index is 8.49. The van der Waals surface area contributed by atoms with Crippen LogP contribution in [-0.2, 0) is 7.05 Å². The number of imidazole rings is 1. The van der Waals surface area contributed by atoms with Gasteiger partial charge in [0.15, 0.2) is 0 Å². The summed E-state index contributed by atoms with van der Waals surface area (Å²) in [6, 6.07) is 42.9. The smallest absolute Gasteiger partial charge is 0.219 e. The molecule has 0 radical (unpaired) electrons. The molecule has 0 atom stereocenters. The van der Waals surface area contributed by atoms with Crippen molar-refractivity contribution in [2.24, 2.45) is 7.05 Å². The lowest BCUT2D eigenvalue weighted by atomic mass is 9.98. The lowest BCUT2D eigenvalue weighted by Crippen LogP contribution is -2.68. The van der Waals surface area contributed by atoms with Crippen LogP contribution in [0.15, 0.2) is 128 Å². The SMILES string of the molecule is Cn1cnc2cc(-[n+]3c(-c4ccccc4)cc(-c4ccccc4)cc3-c3ccccc3)ccc21.[O-][Cl+3]([O-])([O-])[O-]. The number of benzene rings is 4. The maximum Gasteiger partial charge on any atom is 0.219 e. The van der Waals surface area contributed by atoms with E-state index in [0.717, 1.165) is 28.1 Å². The van der Waals surface area contributed by atoms with Gasteiger partial charge in [0.1, 0.15) is 0 Å². The van der Waals surface area contributed by atoms with Gasteiger partial charge in [-0.25, -0.2) is 23.6 Å². The number of aromatic nitrogens is 3. The van der Waals surface area contributed by atoms with E-state index >= 15 is 0 Å². The lowest BCUT2D eigenvalue weighted by Gasteiger charge is -2.17. The predicted molar refractivity (Wildman–Crippen MR) is 139 cm³/mol. The molecule has 0 saturated heterocycles. The average molecular weight is 538 g/mol. The summed E-state index contributed by atoms with van der Waals surface area (Å²) in [4.78, 5) is 4.62. The second-order valence-electron chi connectivity index (χ2n) is 8.85. The molecule has 0 spiro atoms. The Balaban J connectivity index is 0.000000567. The molecule has 8 heteroatoms. The molecule has 6 aromatic rings. The molecule has 7 nitrogen and oxygen atoms in total. The van der Waals surface area contributed by atoms with Crippen LogP contribution in [0.5, 0.6) is 0 Å². The Morgan fingerprint density at radius 1 is 0.590 bits per heavy atom. The Morgan fingerprint density at radius 2 is 1.05 bits per heavy atom. The minimum Gasteiger partial charge on any atom is -0.334 e. The summed E-state index contributed by atoms with van der Waals surface area (Å²) in [5, 5.41) is 0.